The van der Waals surface area contributed by atoms with Crippen molar-refractivity contribution in [3.8, 4) is 0 Å². The Labute approximate surface area is 110 Å². The summed E-state index contributed by atoms with van der Waals surface area (Å²) in [5, 5.41) is 7.47. The minimum absolute atomic E-state index is 0.936. The lowest BCUT2D eigenvalue weighted by molar-refractivity contribution is 0.180. The average Bonchev–Trinajstić information content (AvgIpc) is 2.81. The van der Waals surface area contributed by atoms with E-state index in [1.807, 2.05) is 25.0 Å². The van der Waals surface area contributed by atoms with Crippen LogP contribution in [0.5, 0.6) is 0 Å². The van der Waals surface area contributed by atoms with Gasteiger partial charge in [-0.05, 0) is 57.9 Å². The molecule has 1 saturated heterocycles. The summed E-state index contributed by atoms with van der Waals surface area (Å²) in [4.78, 5) is 2.60. The average molecular weight is 250 g/mol. The van der Waals surface area contributed by atoms with E-state index in [0.29, 0.717) is 0 Å². The fraction of sp³-hybridized carbons (Fsp3) is 0.786. The van der Waals surface area contributed by atoms with Crippen LogP contribution in [0.1, 0.15) is 25.0 Å². The van der Waals surface area contributed by atoms with Crippen molar-refractivity contribution < 1.29 is 0 Å². The van der Waals surface area contributed by atoms with Crippen LogP contribution in [0, 0.1) is 5.92 Å². The molecule has 4 heteroatoms. The number of hydrogen-bond donors (Lipinski definition) is 1. The van der Waals surface area contributed by atoms with E-state index in [1.54, 1.807) is 0 Å². The summed E-state index contributed by atoms with van der Waals surface area (Å²) < 4.78 is 1.99. The first-order valence-corrected chi connectivity index (χ1v) is 7.13. The van der Waals surface area contributed by atoms with E-state index in [-0.39, 0.29) is 0 Å². The van der Waals surface area contributed by atoms with Gasteiger partial charge < -0.3 is 10.2 Å². The molecular formula is C14H26N4. The van der Waals surface area contributed by atoms with Crippen LogP contribution in [-0.4, -0.2) is 47.9 Å². The van der Waals surface area contributed by atoms with Gasteiger partial charge in [-0.1, -0.05) is 0 Å². The highest BCUT2D eigenvalue weighted by Gasteiger charge is 2.18. The number of aryl methyl sites for hydroxylation is 1. The molecule has 0 spiro atoms. The smallest absolute Gasteiger partial charge is 0.0492 e. The first-order chi connectivity index (χ1) is 8.79. The number of aromatic nitrogens is 2. The van der Waals surface area contributed by atoms with Crippen molar-refractivity contribution in [2.24, 2.45) is 13.0 Å². The standard InChI is InChI=1S/C14H26N4/c1-15-8-3-13-5-10-18(11-6-13)12-7-14-4-9-16-17(14)2/h4,9,13,15H,3,5-8,10-12H2,1-2H3. The largest absolute Gasteiger partial charge is 0.320 e. The molecule has 0 bridgehead atoms. The zero-order chi connectivity index (χ0) is 12.8. The van der Waals surface area contributed by atoms with Crippen LogP contribution >= 0.6 is 0 Å². The van der Waals surface area contributed by atoms with Crippen LogP contribution in [0.4, 0.5) is 0 Å². The Morgan fingerprint density at radius 2 is 2.17 bits per heavy atom. The van der Waals surface area contributed by atoms with Crippen molar-refractivity contribution in [3.63, 3.8) is 0 Å². The second-order valence-corrected chi connectivity index (χ2v) is 5.37. The molecule has 1 fully saturated rings. The first kappa shape index (κ1) is 13.6. The second-order valence-electron chi connectivity index (χ2n) is 5.37. The summed E-state index contributed by atoms with van der Waals surface area (Å²) in [6.45, 7) is 4.89. The van der Waals surface area contributed by atoms with Gasteiger partial charge in [0.05, 0.1) is 0 Å². The summed E-state index contributed by atoms with van der Waals surface area (Å²) >= 11 is 0. The first-order valence-electron chi connectivity index (χ1n) is 7.13. The number of nitrogens with one attached hydrogen (secondary N) is 1. The third-order valence-corrected chi connectivity index (χ3v) is 4.12. The fourth-order valence-electron chi connectivity index (χ4n) is 2.77. The van der Waals surface area contributed by atoms with Gasteiger partial charge in [0.2, 0.25) is 0 Å². The molecule has 0 amide bonds. The van der Waals surface area contributed by atoms with Gasteiger partial charge in [-0.25, -0.2) is 0 Å². The molecule has 0 unspecified atom stereocenters. The summed E-state index contributed by atoms with van der Waals surface area (Å²) in [5.41, 5.74) is 1.34. The van der Waals surface area contributed by atoms with Gasteiger partial charge in [0.25, 0.3) is 0 Å². The molecule has 1 aliphatic rings. The fourth-order valence-corrected chi connectivity index (χ4v) is 2.77. The molecule has 0 saturated carbocycles. The minimum atomic E-state index is 0.936. The van der Waals surface area contributed by atoms with Gasteiger partial charge in [-0.2, -0.15) is 5.10 Å². The molecule has 18 heavy (non-hydrogen) atoms. The molecule has 0 atom stereocenters. The minimum Gasteiger partial charge on any atom is -0.320 e. The van der Waals surface area contributed by atoms with Gasteiger partial charge >= 0.3 is 0 Å². The number of piperidine rings is 1. The zero-order valence-corrected chi connectivity index (χ0v) is 11.7. The Hall–Kier alpha value is -0.870. The van der Waals surface area contributed by atoms with Crippen molar-refractivity contribution in [3.05, 3.63) is 18.0 Å². The van der Waals surface area contributed by atoms with E-state index in [0.717, 1.165) is 12.3 Å². The van der Waals surface area contributed by atoms with Crippen molar-refractivity contribution in [1.29, 1.82) is 0 Å². The third kappa shape index (κ3) is 3.82. The molecule has 1 aliphatic heterocycles. The number of likely N-dealkylation sites (tertiary alicyclic amines) is 1. The van der Waals surface area contributed by atoms with E-state index < -0.39 is 0 Å². The molecular weight excluding hydrogens is 224 g/mol. The maximum Gasteiger partial charge on any atom is 0.0492 e. The van der Waals surface area contributed by atoms with Crippen LogP contribution in [0.25, 0.3) is 0 Å². The molecule has 2 rings (SSSR count). The molecule has 102 valence electrons. The highest BCUT2D eigenvalue weighted by atomic mass is 15.3. The maximum absolute atomic E-state index is 4.22. The molecule has 1 N–H and O–H groups in total. The second kappa shape index (κ2) is 6.90. The predicted octanol–water partition coefficient (Wildman–Crippen LogP) is 1.28. The van der Waals surface area contributed by atoms with Gasteiger partial charge in [-0.15, -0.1) is 0 Å². The topological polar surface area (TPSA) is 33.1 Å². The van der Waals surface area contributed by atoms with Crippen molar-refractivity contribution >= 4 is 0 Å². The molecule has 1 aromatic heterocycles. The van der Waals surface area contributed by atoms with E-state index in [4.69, 9.17) is 0 Å². The normalized spacial score (nSPS) is 18.3. The highest BCUT2D eigenvalue weighted by molar-refractivity contribution is 5.00. The highest BCUT2D eigenvalue weighted by Crippen LogP contribution is 2.20. The Bertz CT molecular complexity index is 339. The van der Waals surface area contributed by atoms with Crippen molar-refractivity contribution in [2.45, 2.75) is 25.7 Å². The van der Waals surface area contributed by atoms with E-state index in [2.05, 4.69) is 21.4 Å². The van der Waals surface area contributed by atoms with Gasteiger partial charge in [0.1, 0.15) is 0 Å². The Morgan fingerprint density at radius 3 is 2.78 bits per heavy atom. The molecule has 0 radical (unpaired) electrons. The van der Waals surface area contributed by atoms with Crippen LogP contribution < -0.4 is 5.32 Å². The Kier molecular flexibility index (Phi) is 5.20. The van der Waals surface area contributed by atoms with Crippen LogP contribution in [-0.2, 0) is 13.5 Å². The SMILES string of the molecule is CNCCC1CCN(CCc2ccnn2C)CC1. The van der Waals surface area contributed by atoms with Crippen LogP contribution in [0.2, 0.25) is 0 Å². The van der Waals surface area contributed by atoms with Crippen LogP contribution in [0.15, 0.2) is 12.3 Å². The molecule has 0 aliphatic carbocycles. The summed E-state index contributed by atoms with van der Waals surface area (Å²) in [7, 11) is 4.07. The zero-order valence-electron chi connectivity index (χ0n) is 11.7. The molecule has 2 heterocycles. The number of rotatable bonds is 6. The van der Waals surface area contributed by atoms with Crippen LogP contribution in [0.3, 0.4) is 0 Å². The molecule has 0 aromatic carbocycles. The molecule has 1 aromatic rings. The van der Waals surface area contributed by atoms with Crippen molar-refractivity contribution in [1.82, 2.24) is 20.0 Å². The summed E-state index contributed by atoms with van der Waals surface area (Å²) in [6, 6.07) is 2.12. The Balaban J connectivity index is 1.66. The van der Waals surface area contributed by atoms with Gasteiger partial charge in [0.15, 0.2) is 0 Å². The lowest BCUT2D eigenvalue weighted by Gasteiger charge is -2.31. The lowest BCUT2D eigenvalue weighted by atomic mass is 9.93. The van der Waals surface area contributed by atoms with Crippen molar-refractivity contribution in [2.75, 3.05) is 33.2 Å². The van der Waals surface area contributed by atoms with Gasteiger partial charge in [0, 0.05) is 31.9 Å². The third-order valence-electron chi connectivity index (χ3n) is 4.12. The Morgan fingerprint density at radius 1 is 1.39 bits per heavy atom. The number of nitrogens with zero attached hydrogens (tertiary/aromatic N) is 3. The van der Waals surface area contributed by atoms with E-state index in [1.165, 1.54) is 51.1 Å². The quantitative estimate of drug-likeness (QED) is 0.826. The van der Waals surface area contributed by atoms with E-state index in [9.17, 15) is 0 Å². The lowest BCUT2D eigenvalue weighted by Crippen LogP contribution is -2.36. The van der Waals surface area contributed by atoms with E-state index >= 15 is 0 Å². The van der Waals surface area contributed by atoms with Gasteiger partial charge in [-0.3, -0.25) is 4.68 Å². The number of hydrogen-bond acceptors (Lipinski definition) is 3. The molecule has 4 nitrogen and oxygen atoms in total. The summed E-state index contributed by atoms with van der Waals surface area (Å²) in [6.07, 6.45) is 7.09. The summed E-state index contributed by atoms with van der Waals surface area (Å²) in [5.74, 6) is 0.936. The maximum atomic E-state index is 4.22. The predicted molar refractivity (Wildman–Crippen MR) is 74.6 cm³/mol. The monoisotopic (exact) mass is 250 g/mol.